The van der Waals surface area contributed by atoms with E-state index in [9.17, 15) is 9.59 Å². The molecule has 0 aliphatic carbocycles. The van der Waals surface area contributed by atoms with E-state index in [-0.39, 0.29) is 17.2 Å². The lowest BCUT2D eigenvalue weighted by atomic mass is 9.91. The van der Waals surface area contributed by atoms with Crippen LogP contribution in [0.15, 0.2) is 24.3 Å². The summed E-state index contributed by atoms with van der Waals surface area (Å²) >= 11 is 0. The average molecular weight is 316 g/mol. The molecule has 2 amide bonds. The molecule has 4 nitrogen and oxygen atoms in total. The maximum Gasteiger partial charge on any atom is 0.249 e. The molecule has 0 aromatic heterocycles. The molecule has 0 bridgehead atoms. The van der Waals surface area contributed by atoms with Gasteiger partial charge in [0, 0.05) is 25.2 Å². The molecule has 1 unspecified atom stereocenters. The van der Waals surface area contributed by atoms with E-state index >= 15 is 0 Å². The van der Waals surface area contributed by atoms with E-state index in [0.29, 0.717) is 19.5 Å². The molecule has 2 rings (SSSR count). The minimum atomic E-state index is -0.400. The summed E-state index contributed by atoms with van der Waals surface area (Å²) < 4.78 is 0. The summed E-state index contributed by atoms with van der Waals surface area (Å²) in [6, 6.07) is 7.62. The first-order chi connectivity index (χ1) is 10.7. The highest BCUT2D eigenvalue weighted by atomic mass is 16.2. The second-order valence-corrected chi connectivity index (χ2v) is 7.47. The summed E-state index contributed by atoms with van der Waals surface area (Å²) in [6.07, 6.45) is 1.36. The van der Waals surface area contributed by atoms with Crippen molar-refractivity contribution in [3.8, 4) is 0 Å². The highest BCUT2D eigenvalue weighted by Gasteiger charge is 2.36. The summed E-state index contributed by atoms with van der Waals surface area (Å²) in [5.41, 5.74) is 2.09. The molecule has 1 saturated heterocycles. The molecule has 1 aliphatic heterocycles. The van der Waals surface area contributed by atoms with Crippen LogP contribution in [0.1, 0.15) is 46.6 Å². The minimum absolute atomic E-state index is 0.0133. The molecule has 1 aromatic rings. The summed E-state index contributed by atoms with van der Waals surface area (Å²) in [5, 5.41) is 0. The van der Waals surface area contributed by atoms with Crippen LogP contribution in [0.4, 0.5) is 5.69 Å². The van der Waals surface area contributed by atoms with Crippen LogP contribution in [0.2, 0.25) is 0 Å². The molecule has 126 valence electrons. The monoisotopic (exact) mass is 316 g/mol. The highest BCUT2D eigenvalue weighted by molar-refractivity contribution is 6.00. The van der Waals surface area contributed by atoms with E-state index in [2.05, 4.69) is 13.0 Å². The summed E-state index contributed by atoms with van der Waals surface area (Å²) in [6.45, 7) is 11.2. The van der Waals surface area contributed by atoms with Crippen LogP contribution in [0.3, 0.4) is 0 Å². The van der Waals surface area contributed by atoms with E-state index in [0.717, 1.165) is 12.1 Å². The Morgan fingerprint density at radius 1 is 1.22 bits per heavy atom. The number of benzene rings is 1. The first-order valence-electron chi connectivity index (χ1n) is 8.43. The summed E-state index contributed by atoms with van der Waals surface area (Å²) in [7, 11) is 0. The number of aryl methyl sites for hydroxylation is 1. The predicted octanol–water partition coefficient (Wildman–Crippen LogP) is 3.25. The SMILES string of the molecule is CCc1ccccc1N1CCN(C(=O)CC(C)(C)C)C(C)C1=O. The van der Waals surface area contributed by atoms with Gasteiger partial charge in [0.2, 0.25) is 11.8 Å². The number of carbonyl (C=O) groups is 2. The number of amides is 2. The first-order valence-corrected chi connectivity index (χ1v) is 8.43. The molecule has 1 aromatic carbocycles. The van der Waals surface area contributed by atoms with Gasteiger partial charge >= 0.3 is 0 Å². The quantitative estimate of drug-likeness (QED) is 0.859. The van der Waals surface area contributed by atoms with Crippen molar-refractivity contribution in [1.82, 2.24) is 4.90 Å². The van der Waals surface area contributed by atoms with Crippen molar-refractivity contribution < 1.29 is 9.59 Å². The van der Waals surface area contributed by atoms with E-state index in [4.69, 9.17) is 0 Å². The third kappa shape index (κ3) is 3.92. The molecule has 0 spiro atoms. The Balaban J connectivity index is 2.17. The molecule has 1 atom stereocenters. The van der Waals surface area contributed by atoms with E-state index in [1.807, 2.05) is 50.8 Å². The third-order valence-corrected chi connectivity index (χ3v) is 4.32. The van der Waals surface area contributed by atoms with Crippen molar-refractivity contribution in [2.75, 3.05) is 18.0 Å². The van der Waals surface area contributed by atoms with Crippen molar-refractivity contribution >= 4 is 17.5 Å². The van der Waals surface area contributed by atoms with E-state index < -0.39 is 6.04 Å². The summed E-state index contributed by atoms with van der Waals surface area (Å²) in [5.74, 6) is 0.0844. The van der Waals surface area contributed by atoms with Gasteiger partial charge in [0.25, 0.3) is 0 Å². The molecular weight excluding hydrogens is 288 g/mol. The van der Waals surface area contributed by atoms with Crippen LogP contribution in [-0.4, -0.2) is 35.8 Å². The topological polar surface area (TPSA) is 40.6 Å². The van der Waals surface area contributed by atoms with Crippen LogP contribution in [-0.2, 0) is 16.0 Å². The van der Waals surface area contributed by atoms with Gasteiger partial charge in [0.15, 0.2) is 0 Å². The maximum atomic E-state index is 12.8. The number of hydrogen-bond donors (Lipinski definition) is 0. The Hall–Kier alpha value is -1.84. The molecule has 0 N–H and O–H groups in total. The Kier molecular flexibility index (Phi) is 5.12. The number of piperazine rings is 1. The van der Waals surface area contributed by atoms with Crippen LogP contribution >= 0.6 is 0 Å². The van der Waals surface area contributed by atoms with Gasteiger partial charge in [-0.1, -0.05) is 45.9 Å². The van der Waals surface area contributed by atoms with Crippen molar-refractivity contribution in [3.05, 3.63) is 29.8 Å². The number of hydrogen-bond acceptors (Lipinski definition) is 2. The fourth-order valence-corrected chi connectivity index (χ4v) is 3.08. The molecule has 23 heavy (non-hydrogen) atoms. The van der Waals surface area contributed by atoms with Gasteiger partial charge in [-0.05, 0) is 30.4 Å². The third-order valence-electron chi connectivity index (χ3n) is 4.32. The Labute approximate surface area is 139 Å². The largest absolute Gasteiger partial charge is 0.329 e. The van der Waals surface area contributed by atoms with Crippen molar-refractivity contribution in [2.24, 2.45) is 5.41 Å². The number of anilines is 1. The fraction of sp³-hybridized carbons (Fsp3) is 0.579. The Morgan fingerprint density at radius 3 is 2.48 bits per heavy atom. The van der Waals surface area contributed by atoms with Gasteiger partial charge in [-0.3, -0.25) is 9.59 Å². The van der Waals surface area contributed by atoms with E-state index in [1.165, 1.54) is 5.56 Å². The molecule has 4 heteroatoms. The smallest absolute Gasteiger partial charge is 0.249 e. The highest BCUT2D eigenvalue weighted by Crippen LogP contribution is 2.27. The zero-order valence-corrected chi connectivity index (χ0v) is 14.9. The van der Waals surface area contributed by atoms with Crippen LogP contribution < -0.4 is 4.90 Å². The molecule has 0 saturated carbocycles. The van der Waals surface area contributed by atoms with E-state index in [1.54, 1.807) is 4.90 Å². The van der Waals surface area contributed by atoms with Crippen LogP contribution in [0.25, 0.3) is 0 Å². The first kappa shape index (κ1) is 17.5. The Bertz CT molecular complexity index is 589. The van der Waals surface area contributed by atoms with Gasteiger partial charge in [0.05, 0.1) is 0 Å². The zero-order valence-electron chi connectivity index (χ0n) is 14.9. The molecular formula is C19H28N2O2. The number of carbonyl (C=O) groups excluding carboxylic acids is 2. The lowest BCUT2D eigenvalue weighted by Crippen LogP contribution is -2.58. The van der Waals surface area contributed by atoms with Gasteiger partial charge in [-0.25, -0.2) is 0 Å². The van der Waals surface area contributed by atoms with Crippen LogP contribution in [0.5, 0.6) is 0 Å². The van der Waals surface area contributed by atoms with Gasteiger partial charge in [-0.15, -0.1) is 0 Å². The number of rotatable bonds is 3. The van der Waals surface area contributed by atoms with Crippen molar-refractivity contribution in [1.29, 1.82) is 0 Å². The van der Waals surface area contributed by atoms with Gasteiger partial charge < -0.3 is 9.80 Å². The second-order valence-electron chi connectivity index (χ2n) is 7.47. The fourth-order valence-electron chi connectivity index (χ4n) is 3.08. The summed E-state index contributed by atoms with van der Waals surface area (Å²) in [4.78, 5) is 28.9. The van der Waals surface area contributed by atoms with Gasteiger partial charge in [-0.2, -0.15) is 0 Å². The lowest BCUT2D eigenvalue weighted by Gasteiger charge is -2.40. The molecule has 1 fully saturated rings. The standard InChI is InChI=1S/C19H28N2O2/c1-6-15-9-7-8-10-16(15)21-12-11-20(14(2)18(21)23)17(22)13-19(3,4)5/h7-10,14H,6,11-13H2,1-5H3. The normalized spacial score (nSPS) is 19.2. The molecule has 0 radical (unpaired) electrons. The van der Waals surface area contributed by atoms with Crippen molar-refractivity contribution in [2.45, 2.75) is 53.5 Å². The van der Waals surface area contributed by atoms with Crippen molar-refractivity contribution in [3.63, 3.8) is 0 Å². The van der Waals surface area contributed by atoms with Crippen LogP contribution in [0, 0.1) is 5.41 Å². The predicted molar refractivity (Wildman–Crippen MR) is 93.4 cm³/mol. The molecule has 1 heterocycles. The lowest BCUT2D eigenvalue weighted by molar-refractivity contribution is -0.142. The zero-order chi connectivity index (χ0) is 17.2. The molecule has 1 aliphatic rings. The maximum absolute atomic E-state index is 12.8. The second kappa shape index (κ2) is 6.73. The number of para-hydroxylation sites is 1. The van der Waals surface area contributed by atoms with Gasteiger partial charge in [0.1, 0.15) is 6.04 Å². The Morgan fingerprint density at radius 2 is 1.87 bits per heavy atom. The number of nitrogens with zero attached hydrogens (tertiary/aromatic N) is 2. The average Bonchev–Trinajstić information content (AvgIpc) is 2.48. The minimum Gasteiger partial charge on any atom is -0.329 e.